The molecule has 0 spiro atoms. The first-order valence-electron chi connectivity index (χ1n) is 8.26. The van der Waals surface area contributed by atoms with E-state index in [1.54, 1.807) is 18.2 Å². The summed E-state index contributed by atoms with van der Waals surface area (Å²) in [4.78, 5) is 12.4. The number of carbonyl (C=O) groups is 1. The molecule has 3 rings (SSSR count). The molecule has 144 valence electrons. The Bertz CT molecular complexity index is 927. The lowest BCUT2D eigenvalue weighted by molar-refractivity contribution is -0.117. The molecule has 9 heteroatoms. The van der Waals surface area contributed by atoms with Crippen LogP contribution in [0.2, 0.25) is 0 Å². The Labute approximate surface area is 157 Å². The molecule has 1 heterocycles. The summed E-state index contributed by atoms with van der Waals surface area (Å²) in [5.41, 5.74) is 0.486. The van der Waals surface area contributed by atoms with Crippen LogP contribution in [0.5, 0.6) is 17.2 Å². The highest BCUT2D eigenvalue weighted by molar-refractivity contribution is 7.89. The SMILES string of the molecule is COc1ccc(S(=O)(=O)N[C@H](C)C(=O)Nc2ccc3c(c2)OCCO3)cc1. The van der Waals surface area contributed by atoms with Crippen LogP contribution in [0.4, 0.5) is 5.69 Å². The summed E-state index contributed by atoms with van der Waals surface area (Å²) in [6.07, 6.45) is 0. The van der Waals surface area contributed by atoms with E-state index < -0.39 is 22.0 Å². The van der Waals surface area contributed by atoms with Gasteiger partial charge in [-0.25, -0.2) is 8.42 Å². The van der Waals surface area contributed by atoms with Gasteiger partial charge >= 0.3 is 0 Å². The van der Waals surface area contributed by atoms with Crippen LogP contribution in [-0.2, 0) is 14.8 Å². The second-order valence-corrected chi connectivity index (χ2v) is 7.58. The van der Waals surface area contributed by atoms with Gasteiger partial charge in [0, 0.05) is 11.8 Å². The lowest BCUT2D eigenvalue weighted by atomic mass is 10.2. The van der Waals surface area contributed by atoms with Crippen LogP contribution < -0.4 is 24.2 Å². The molecule has 2 aromatic carbocycles. The summed E-state index contributed by atoms with van der Waals surface area (Å²) in [5.74, 6) is 1.18. The minimum absolute atomic E-state index is 0.0438. The molecule has 0 aromatic heterocycles. The largest absolute Gasteiger partial charge is 0.497 e. The van der Waals surface area contributed by atoms with Gasteiger partial charge in [0.1, 0.15) is 19.0 Å². The van der Waals surface area contributed by atoms with Crippen molar-refractivity contribution in [3.05, 3.63) is 42.5 Å². The van der Waals surface area contributed by atoms with Crippen LogP contribution >= 0.6 is 0 Å². The number of fused-ring (bicyclic) bond motifs is 1. The molecule has 0 unspecified atom stereocenters. The van der Waals surface area contributed by atoms with Crippen molar-refractivity contribution >= 4 is 21.6 Å². The predicted molar refractivity (Wildman–Crippen MR) is 98.8 cm³/mol. The Morgan fingerprint density at radius 2 is 1.74 bits per heavy atom. The highest BCUT2D eigenvalue weighted by Gasteiger charge is 2.22. The number of rotatable bonds is 6. The topological polar surface area (TPSA) is 103 Å². The molecule has 1 aliphatic rings. The van der Waals surface area contributed by atoms with Gasteiger partial charge < -0.3 is 19.5 Å². The predicted octanol–water partition coefficient (Wildman–Crippen LogP) is 1.77. The first-order valence-corrected chi connectivity index (χ1v) is 9.74. The zero-order valence-corrected chi connectivity index (χ0v) is 15.7. The van der Waals surface area contributed by atoms with Crippen molar-refractivity contribution in [1.82, 2.24) is 4.72 Å². The van der Waals surface area contributed by atoms with Gasteiger partial charge in [-0.1, -0.05) is 0 Å². The van der Waals surface area contributed by atoms with Crippen LogP contribution in [0.1, 0.15) is 6.92 Å². The molecule has 2 aromatic rings. The zero-order valence-electron chi connectivity index (χ0n) is 14.9. The minimum Gasteiger partial charge on any atom is -0.497 e. The van der Waals surface area contributed by atoms with Crippen molar-refractivity contribution < 1.29 is 27.4 Å². The summed E-state index contributed by atoms with van der Waals surface area (Å²) in [6, 6.07) is 9.90. The number of hydrogen-bond donors (Lipinski definition) is 2. The van der Waals surface area contributed by atoms with Crippen LogP contribution in [0.15, 0.2) is 47.4 Å². The van der Waals surface area contributed by atoms with E-state index in [1.165, 1.54) is 38.3 Å². The van der Waals surface area contributed by atoms with Gasteiger partial charge in [-0.2, -0.15) is 4.72 Å². The first-order chi connectivity index (χ1) is 12.9. The fraction of sp³-hybridized carbons (Fsp3) is 0.278. The molecule has 0 fully saturated rings. The van der Waals surface area contributed by atoms with Crippen LogP contribution in [-0.4, -0.2) is 40.7 Å². The Hall–Kier alpha value is -2.78. The minimum atomic E-state index is -3.85. The van der Waals surface area contributed by atoms with Gasteiger partial charge in [0.05, 0.1) is 18.0 Å². The molecule has 1 aliphatic heterocycles. The molecular formula is C18H20N2O6S. The number of anilines is 1. The van der Waals surface area contributed by atoms with Gasteiger partial charge in [-0.05, 0) is 43.3 Å². The van der Waals surface area contributed by atoms with E-state index in [2.05, 4.69) is 10.0 Å². The molecule has 0 saturated carbocycles. The van der Waals surface area contributed by atoms with Crippen molar-refractivity contribution in [3.63, 3.8) is 0 Å². The monoisotopic (exact) mass is 392 g/mol. The number of sulfonamides is 1. The third-order valence-corrected chi connectivity index (χ3v) is 5.46. The van der Waals surface area contributed by atoms with Crippen molar-refractivity contribution in [2.75, 3.05) is 25.6 Å². The first kappa shape index (κ1) is 19.0. The molecule has 27 heavy (non-hydrogen) atoms. The van der Waals surface area contributed by atoms with Crippen molar-refractivity contribution in [2.24, 2.45) is 0 Å². The highest BCUT2D eigenvalue weighted by Crippen LogP contribution is 2.32. The van der Waals surface area contributed by atoms with E-state index in [0.717, 1.165) is 0 Å². The molecular weight excluding hydrogens is 372 g/mol. The van der Waals surface area contributed by atoms with Crippen LogP contribution in [0.3, 0.4) is 0 Å². The van der Waals surface area contributed by atoms with Crippen molar-refractivity contribution in [2.45, 2.75) is 17.9 Å². The summed E-state index contributed by atoms with van der Waals surface area (Å²) < 4.78 is 43.1. The summed E-state index contributed by atoms with van der Waals surface area (Å²) in [6.45, 7) is 2.37. The molecule has 0 radical (unpaired) electrons. The van der Waals surface area contributed by atoms with Gasteiger partial charge in [0.2, 0.25) is 15.9 Å². The second-order valence-electron chi connectivity index (χ2n) is 5.87. The Morgan fingerprint density at radius 3 is 2.41 bits per heavy atom. The van der Waals surface area contributed by atoms with Crippen molar-refractivity contribution in [3.8, 4) is 17.2 Å². The van der Waals surface area contributed by atoms with E-state index in [9.17, 15) is 13.2 Å². The number of hydrogen-bond acceptors (Lipinski definition) is 6. The third kappa shape index (κ3) is 4.50. The lowest BCUT2D eigenvalue weighted by Gasteiger charge is -2.19. The van der Waals surface area contributed by atoms with E-state index >= 15 is 0 Å². The maximum absolute atomic E-state index is 12.4. The van der Waals surface area contributed by atoms with Crippen molar-refractivity contribution in [1.29, 1.82) is 0 Å². The van der Waals surface area contributed by atoms with E-state index in [1.807, 2.05) is 0 Å². The molecule has 0 aliphatic carbocycles. The number of amides is 1. The third-order valence-electron chi connectivity index (χ3n) is 3.90. The Kier molecular flexibility index (Phi) is 5.52. The number of ether oxygens (including phenoxy) is 3. The number of carbonyl (C=O) groups excluding carboxylic acids is 1. The normalized spacial score (nSPS) is 14.3. The quantitative estimate of drug-likeness (QED) is 0.777. The fourth-order valence-electron chi connectivity index (χ4n) is 2.48. The molecule has 2 N–H and O–H groups in total. The van der Waals surface area contributed by atoms with Gasteiger partial charge in [0.25, 0.3) is 0 Å². The standard InChI is InChI=1S/C18H20N2O6S/c1-12(20-27(22,23)15-6-4-14(24-2)5-7-15)18(21)19-13-3-8-16-17(11-13)26-10-9-25-16/h3-8,11-12,20H,9-10H2,1-2H3,(H,19,21)/t12-/m1/s1. The number of methoxy groups -OCH3 is 1. The second kappa shape index (κ2) is 7.85. The Balaban J connectivity index is 1.66. The van der Waals surface area contributed by atoms with E-state index in [4.69, 9.17) is 14.2 Å². The average Bonchev–Trinajstić information content (AvgIpc) is 2.67. The van der Waals surface area contributed by atoms with Crippen LogP contribution in [0.25, 0.3) is 0 Å². The maximum Gasteiger partial charge on any atom is 0.242 e. The van der Waals surface area contributed by atoms with E-state index in [-0.39, 0.29) is 4.90 Å². The van der Waals surface area contributed by atoms with Crippen LogP contribution in [0, 0.1) is 0 Å². The summed E-state index contributed by atoms with van der Waals surface area (Å²) >= 11 is 0. The maximum atomic E-state index is 12.4. The number of nitrogens with one attached hydrogen (secondary N) is 2. The zero-order chi connectivity index (χ0) is 19.4. The van der Waals surface area contributed by atoms with E-state index in [0.29, 0.717) is 36.1 Å². The highest BCUT2D eigenvalue weighted by atomic mass is 32.2. The fourth-order valence-corrected chi connectivity index (χ4v) is 3.68. The number of benzene rings is 2. The summed E-state index contributed by atoms with van der Waals surface area (Å²) in [7, 11) is -2.36. The summed E-state index contributed by atoms with van der Waals surface area (Å²) in [5, 5.41) is 2.66. The molecule has 1 amide bonds. The smallest absolute Gasteiger partial charge is 0.242 e. The average molecular weight is 392 g/mol. The molecule has 8 nitrogen and oxygen atoms in total. The Morgan fingerprint density at radius 1 is 1.07 bits per heavy atom. The van der Waals surface area contributed by atoms with Gasteiger partial charge in [-0.3, -0.25) is 4.79 Å². The molecule has 1 atom stereocenters. The molecule has 0 saturated heterocycles. The lowest BCUT2D eigenvalue weighted by Crippen LogP contribution is -2.41. The molecule has 0 bridgehead atoms. The van der Waals surface area contributed by atoms with Gasteiger partial charge in [0.15, 0.2) is 11.5 Å². The van der Waals surface area contributed by atoms with Gasteiger partial charge in [-0.15, -0.1) is 0 Å².